The Labute approximate surface area is 103 Å². The number of halogens is 1. The van der Waals surface area contributed by atoms with Crippen LogP contribution in [0.5, 0.6) is 5.75 Å². The highest BCUT2D eigenvalue weighted by Gasteiger charge is 2.18. The zero-order valence-electron chi connectivity index (χ0n) is 8.98. The molecule has 0 amide bonds. The summed E-state index contributed by atoms with van der Waals surface area (Å²) in [6, 6.07) is 2.48. The minimum Gasteiger partial charge on any atom is -0.480 e. The SMILES string of the molecule is NC(Cc1cc2c(cc1Cl)COCO2)C(=O)O. The van der Waals surface area contributed by atoms with E-state index in [4.69, 9.17) is 31.9 Å². The Bertz CT molecular complexity index is 449. The number of fused-ring (bicyclic) bond motifs is 1. The number of hydrogen-bond donors (Lipinski definition) is 2. The predicted octanol–water partition coefficient (Wildman–Crippen LogP) is 1.16. The lowest BCUT2D eigenvalue weighted by Crippen LogP contribution is -2.32. The Morgan fingerprint density at radius 1 is 1.59 bits per heavy atom. The van der Waals surface area contributed by atoms with E-state index in [0.29, 0.717) is 22.9 Å². The molecule has 0 radical (unpaired) electrons. The first kappa shape index (κ1) is 12.2. The highest BCUT2D eigenvalue weighted by atomic mass is 35.5. The first-order chi connectivity index (χ1) is 8.08. The second-order valence-electron chi connectivity index (χ2n) is 3.81. The first-order valence-electron chi connectivity index (χ1n) is 5.08. The largest absolute Gasteiger partial charge is 0.480 e. The highest BCUT2D eigenvalue weighted by molar-refractivity contribution is 6.31. The van der Waals surface area contributed by atoms with Crippen LogP contribution in [0.2, 0.25) is 5.02 Å². The van der Waals surface area contributed by atoms with Crippen LogP contribution in [0.1, 0.15) is 11.1 Å². The van der Waals surface area contributed by atoms with Crippen LogP contribution in [0.3, 0.4) is 0 Å². The van der Waals surface area contributed by atoms with Gasteiger partial charge in [0, 0.05) is 10.6 Å². The third-order valence-electron chi connectivity index (χ3n) is 2.54. The number of benzene rings is 1. The van der Waals surface area contributed by atoms with Crippen molar-refractivity contribution >= 4 is 17.6 Å². The first-order valence-corrected chi connectivity index (χ1v) is 5.46. The number of carboxylic acids is 1. The lowest BCUT2D eigenvalue weighted by Gasteiger charge is -2.19. The maximum Gasteiger partial charge on any atom is 0.320 e. The molecule has 3 N–H and O–H groups in total. The van der Waals surface area contributed by atoms with Gasteiger partial charge in [0.25, 0.3) is 0 Å². The molecule has 1 aromatic rings. The van der Waals surface area contributed by atoms with E-state index in [1.165, 1.54) is 0 Å². The van der Waals surface area contributed by atoms with Crippen molar-refractivity contribution in [2.45, 2.75) is 19.1 Å². The second kappa shape index (κ2) is 4.91. The summed E-state index contributed by atoms with van der Waals surface area (Å²) in [5, 5.41) is 9.23. The molecule has 0 spiro atoms. The Morgan fingerprint density at radius 2 is 2.35 bits per heavy atom. The van der Waals surface area contributed by atoms with Gasteiger partial charge in [-0.25, -0.2) is 0 Å². The van der Waals surface area contributed by atoms with E-state index in [1.54, 1.807) is 12.1 Å². The molecule has 17 heavy (non-hydrogen) atoms. The molecule has 1 aliphatic rings. The molecular weight excluding hydrogens is 246 g/mol. The average molecular weight is 258 g/mol. The number of ether oxygens (including phenoxy) is 2. The summed E-state index contributed by atoms with van der Waals surface area (Å²) in [4.78, 5) is 10.7. The quantitative estimate of drug-likeness (QED) is 0.849. The molecule has 0 saturated carbocycles. The molecule has 0 saturated heterocycles. The molecule has 0 aromatic heterocycles. The molecule has 0 bridgehead atoms. The zero-order valence-corrected chi connectivity index (χ0v) is 9.74. The average Bonchev–Trinajstić information content (AvgIpc) is 2.29. The standard InChI is InChI=1S/C11H12ClNO4/c12-8-1-7-4-16-5-17-10(7)3-6(8)2-9(13)11(14)15/h1,3,9H,2,4-5,13H2,(H,14,15). The Balaban J connectivity index is 2.25. The summed E-state index contributed by atoms with van der Waals surface area (Å²) in [6.45, 7) is 0.638. The Hall–Kier alpha value is -1.30. The summed E-state index contributed by atoms with van der Waals surface area (Å²) >= 11 is 6.05. The van der Waals surface area contributed by atoms with Crippen molar-refractivity contribution in [1.82, 2.24) is 0 Å². The zero-order chi connectivity index (χ0) is 12.4. The van der Waals surface area contributed by atoms with Crippen LogP contribution in [-0.4, -0.2) is 23.9 Å². The molecule has 1 atom stereocenters. The van der Waals surface area contributed by atoms with Gasteiger partial charge in [-0.3, -0.25) is 4.79 Å². The molecule has 92 valence electrons. The van der Waals surface area contributed by atoms with Gasteiger partial charge in [-0.15, -0.1) is 0 Å². The van der Waals surface area contributed by atoms with Gasteiger partial charge >= 0.3 is 5.97 Å². The second-order valence-corrected chi connectivity index (χ2v) is 4.22. The van der Waals surface area contributed by atoms with Gasteiger partial charge in [0.2, 0.25) is 0 Å². The summed E-state index contributed by atoms with van der Waals surface area (Å²) < 4.78 is 10.4. The lowest BCUT2D eigenvalue weighted by atomic mass is 10.0. The summed E-state index contributed by atoms with van der Waals surface area (Å²) in [5.74, 6) is -0.378. The Kier molecular flexibility index (Phi) is 3.51. The molecule has 1 unspecified atom stereocenters. The third-order valence-corrected chi connectivity index (χ3v) is 2.89. The van der Waals surface area contributed by atoms with Crippen molar-refractivity contribution < 1.29 is 19.4 Å². The normalized spacial score (nSPS) is 15.9. The van der Waals surface area contributed by atoms with E-state index in [0.717, 1.165) is 5.56 Å². The number of carbonyl (C=O) groups is 1. The summed E-state index contributed by atoms with van der Waals surface area (Å²) in [7, 11) is 0. The van der Waals surface area contributed by atoms with Gasteiger partial charge in [-0.2, -0.15) is 0 Å². The number of nitrogens with two attached hydrogens (primary N) is 1. The van der Waals surface area contributed by atoms with Crippen LogP contribution in [0.25, 0.3) is 0 Å². The number of carboxylic acid groups (broad SMARTS) is 1. The topological polar surface area (TPSA) is 81.8 Å². The number of rotatable bonds is 3. The van der Waals surface area contributed by atoms with Gasteiger partial charge in [-0.05, 0) is 24.1 Å². The Morgan fingerprint density at radius 3 is 3.06 bits per heavy atom. The van der Waals surface area contributed by atoms with Crippen LogP contribution in [0, 0.1) is 0 Å². The molecule has 0 aliphatic carbocycles. The lowest BCUT2D eigenvalue weighted by molar-refractivity contribution is -0.138. The fraction of sp³-hybridized carbons (Fsp3) is 0.364. The minimum atomic E-state index is -1.05. The maximum atomic E-state index is 10.7. The van der Waals surface area contributed by atoms with Crippen LogP contribution < -0.4 is 10.5 Å². The van der Waals surface area contributed by atoms with Crippen molar-refractivity contribution in [2.75, 3.05) is 6.79 Å². The van der Waals surface area contributed by atoms with Gasteiger partial charge in [0.15, 0.2) is 6.79 Å². The van der Waals surface area contributed by atoms with Crippen molar-refractivity contribution in [3.05, 3.63) is 28.3 Å². The van der Waals surface area contributed by atoms with E-state index >= 15 is 0 Å². The summed E-state index contributed by atoms with van der Waals surface area (Å²) in [5.41, 5.74) is 6.99. The fourth-order valence-corrected chi connectivity index (χ4v) is 1.88. The third kappa shape index (κ3) is 2.69. The van der Waals surface area contributed by atoms with E-state index < -0.39 is 12.0 Å². The monoisotopic (exact) mass is 257 g/mol. The number of aliphatic carboxylic acids is 1. The van der Waals surface area contributed by atoms with Crippen LogP contribution >= 0.6 is 11.6 Å². The molecule has 1 aromatic carbocycles. The van der Waals surface area contributed by atoms with Crippen molar-refractivity contribution in [2.24, 2.45) is 5.73 Å². The molecule has 0 fully saturated rings. The van der Waals surface area contributed by atoms with E-state index in [9.17, 15) is 4.79 Å². The fourth-order valence-electron chi connectivity index (χ4n) is 1.62. The van der Waals surface area contributed by atoms with Crippen LogP contribution in [0.4, 0.5) is 0 Å². The van der Waals surface area contributed by atoms with Crippen LogP contribution in [0.15, 0.2) is 12.1 Å². The van der Waals surface area contributed by atoms with Gasteiger partial charge in [0.1, 0.15) is 11.8 Å². The molecule has 1 aliphatic heterocycles. The van der Waals surface area contributed by atoms with Gasteiger partial charge in [-0.1, -0.05) is 11.6 Å². The minimum absolute atomic E-state index is 0.172. The van der Waals surface area contributed by atoms with Gasteiger partial charge < -0.3 is 20.3 Å². The highest BCUT2D eigenvalue weighted by Crippen LogP contribution is 2.30. The number of hydrogen-bond acceptors (Lipinski definition) is 4. The van der Waals surface area contributed by atoms with E-state index in [2.05, 4.69) is 0 Å². The van der Waals surface area contributed by atoms with Crippen molar-refractivity contribution in [1.29, 1.82) is 0 Å². The molecule has 5 nitrogen and oxygen atoms in total. The molecular formula is C11H12ClNO4. The van der Waals surface area contributed by atoms with Crippen LogP contribution in [-0.2, 0) is 22.6 Å². The molecule has 2 rings (SSSR count). The van der Waals surface area contributed by atoms with Gasteiger partial charge in [0.05, 0.1) is 6.61 Å². The van der Waals surface area contributed by atoms with E-state index in [1.807, 2.05) is 0 Å². The predicted molar refractivity (Wildman–Crippen MR) is 61.1 cm³/mol. The molecule has 1 heterocycles. The smallest absolute Gasteiger partial charge is 0.320 e. The van der Waals surface area contributed by atoms with Crippen molar-refractivity contribution in [3.8, 4) is 5.75 Å². The maximum absolute atomic E-state index is 10.7. The summed E-state index contributed by atoms with van der Waals surface area (Å²) in [6.07, 6.45) is 0.172. The molecule has 6 heteroatoms. The van der Waals surface area contributed by atoms with E-state index in [-0.39, 0.29) is 13.2 Å². The van der Waals surface area contributed by atoms with Crippen molar-refractivity contribution in [3.63, 3.8) is 0 Å².